The molecule has 1 aromatic heterocycles. The number of tetrazole rings is 1. The largest absolute Gasteiger partial charge is 0.458 e. The van der Waals surface area contributed by atoms with E-state index in [1.807, 2.05) is 32.1 Å². The van der Waals surface area contributed by atoms with Crippen molar-refractivity contribution in [3.05, 3.63) is 66.0 Å². The van der Waals surface area contributed by atoms with Gasteiger partial charge in [-0.2, -0.15) is 0 Å². The Bertz CT molecular complexity index is 907. The fourth-order valence-corrected chi connectivity index (χ4v) is 2.57. The Morgan fingerprint density at radius 2 is 2.11 bits per heavy atom. The van der Waals surface area contributed by atoms with Gasteiger partial charge < -0.3 is 10.1 Å². The van der Waals surface area contributed by atoms with Crippen molar-refractivity contribution < 1.29 is 9.13 Å². The number of amidine groups is 1. The molecule has 1 N–H and O–H groups in total. The molecule has 28 heavy (non-hydrogen) atoms. The standard InChI is InChI=1S/C18H19Br2FN6O/c1-3-5-6-7-15(4-2)28-16-9-13(21)8-14(10-16)27-25-18(24-26-27)17(22-11-19)23-12-20/h3-10H,11-12H2,1-2H3,(H,22,23)/b5-3-,7-6-,15-4+. The lowest BCUT2D eigenvalue weighted by molar-refractivity contribution is 0.438. The molecule has 0 atom stereocenters. The highest BCUT2D eigenvalue weighted by atomic mass is 79.9. The highest BCUT2D eigenvalue weighted by Gasteiger charge is 2.13. The summed E-state index contributed by atoms with van der Waals surface area (Å²) >= 11 is 6.50. The van der Waals surface area contributed by atoms with Crippen LogP contribution in [0, 0.1) is 5.82 Å². The number of halogens is 3. The molecule has 0 aliphatic heterocycles. The first-order valence-electron chi connectivity index (χ1n) is 8.26. The maximum Gasteiger partial charge on any atom is 0.239 e. The second-order valence-corrected chi connectivity index (χ2v) is 6.22. The fraction of sp³-hybridized carbons (Fsp3) is 0.222. The topological polar surface area (TPSA) is 77.2 Å². The van der Waals surface area contributed by atoms with Gasteiger partial charge in [0.25, 0.3) is 0 Å². The average Bonchev–Trinajstić information content (AvgIpc) is 3.17. The molecule has 0 unspecified atom stereocenters. The van der Waals surface area contributed by atoms with E-state index in [-0.39, 0.29) is 5.82 Å². The van der Waals surface area contributed by atoms with Crippen molar-refractivity contribution in [2.45, 2.75) is 13.8 Å². The predicted octanol–water partition coefficient (Wildman–Crippen LogP) is 4.26. The molecule has 0 amide bonds. The third-order valence-electron chi connectivity index (χ3n) is 3.25. The van der Waals surface area contributed by atoms with Crippen molar-refractivity contribution in [1.82, 2.24) is 25.5 Å². The zero-order valence-electron chi connectivity index (χ0n) is 15.3. The third-order valence-corrected chi connectivity index (χ3v) is 3.78. The summed E-state index contributed by atoms with van der Waals surface area (Å²) in [7, 11) is 0. The third kappa shape index (κ3) is 6.38. The lowest BCUT2D eigenvalue weighted by Gasteiger charge is -2.08. The molecule has 0 aliphatic carbocycles. The molecule has 0 saturated carbocycles. The van der Waals surface area contributed by atoms with E-state index < -0.39 is 5.82 Å². The molecule has 7 nitrogen and oxygen atoms in total. The number of ether oxygens (including phenoxy) is 1. The first-order valence-corrected chi connectivity index (χ1v) is 10.5. The lowest BCUT2D eigenvalue weighted by Crippen LogP contribution is -2.24. The zero-order valence-corrected chi connectivity index (χ0v) is 18.5. The van der Waals surface area contributed by atoms with Crippen molar-refractivity contribution in [3.8, 4) is 11.4 Å². The molecule has 0 spiro atoms. The Kier molecular flexibility index (Phi) is 9.02. The van der Waals surface area contributed by atoms with Crippen LogP contribution < -0.4 is 10.1 Å². The van der Waals surface area contributed by atoms with Crippen LogP contribution in [0.15, 0.2) is 59.3 Å². The average molecular weight is 514 g/mol. The van der Waals surface area contributed by atoms with Crippen LogP contribution in [-0.4, -0.2) is 37.0 Å². The Morgan fingerprint density at radius 3 is 2.79 bits per heavy atom. The normalized spacial score (nSPS) is 12.9. The molecule has 10 heteroatoms. The van der Waals surface area contributed by atoms with Gasteiger partial charge in [0.2, 0.25) is 5.82 Å². The van der Waals surface area contributed by atoms with E-state index in [2.05, 4.69) is 57.6 Å². The number of allylic oxidation sites excluding steroid dienone is 5. The molecule has 0 saturated heterocycles. The Morgan fingerprint density at radius 1 is 1.29 bits per heavy atom. The van der Waals surface area contributed by atoms with Gasteiger partial charge in [-0.15, -0.1) is 15.0 Å². The van der Waals surface area contributed by atoms with Crippen molar-refractivity contribution in [1.29, 1.82) is 0 Å². The van der Waals surface area contributed by atoms with Crippen LogP contribution in [0.3, 0.4) is 0 Å². The minimum atomic E-state index is -0.479. The second-order valence-electron chi connectivity index (χ2n) is 5.16. The summed E-state index contributed by atoms with van der Waals surface area (Å²) in [6, 6.07) is 4.21. The van der Waals surface area contributed by atoms with Gasteiger partial charge in [-0.05, 0) is 31.2 Å². The summed E-state index contributed by atoms with van der Waals surface area (Å²) in [6.45, 7) is 3.75. The van der Waals surface area contributed by atoms with E-state index in [1.54, 1.807) is 18.2 Å². The monoisotopic (exact) mass is 512 g/mol. The van der Waals surface area contributed by atoms with E-state index in [9.17, 15) is 4.39 Å². The van der Waals surface area contributed by atoms with Crippen LogP contribution in [0.5, 0.6) is 5.75 Å². The highest BCUT2D eigenvalue weighted by Crippen LogP contribution is 2.21. The SMILES string of the molecule is C\C=C/C=C\C(=C/C)Oc1cc(F)cc(-n2nnc(/C(=N/CBr)NCBr)n2)c1. The van der Waals surface area contributed by atoms with Crippen LogP contribution in [-0.2, 0) is 0 Å². The van der Waals surface area contributed by atoms with Gasteiger partial charge in [0, 0.05) is 18.2 Å². The van der Waals surface area contributed by atoms with E-state index in [4.69, 9.17) is 4.74 Å². The Labute approximate surface area is 179 Å². The molecule has 0 aliphatic rings. The van der Waals surface area contributed by atoms with Crippen LogP contribution >= 0.6 is 31.9 Å². The smallest absolute Gasteiger partial charge is 0.239 e. The summed E-state index contributed by atoms with van der Waals surface area (Å²) in [5.41, 5.74) is 1.22. The van der Waals surface area contributed by atoms with Gasteiger partial charge in [0.05, 0.1) is 16.6 Å². The number of rotatable bonds is 8. The van der Waals surface area contributed by atoms with Crippen LogP contribution in [0.2, 0.25) is 0 Å². The highest BCUT2D eigenvalue weighted by molar-refractivity contribution is 9.09. The van der Waals surface area contributed by atoms with Crippen LogP contribution in [0.25, 0.3) is 5.69 Å². The minimum absolute atomic E-state index is 0.286. The maximum atomic E-state index is 14.1. The number of aliphatic imine (C=N–C) groups is 1. The summed E-state index contributed by atoms with van der Waals surface area (Å²) in [5, 5.41) is 15.2. The first kappa shape index (κ1) is 22.0. The lowest BCUT2D eigenvalue weighted by atomic mass is 10.3. The quantitative estimate of drug-likeness (QED) is 0.142. The number of hydrogen-bond acceptors (Lipinski definition) is 5. The molecule has 0 fully saturated rings. The van der Waals surface area contributed by atoms with E-state index >= 15 is 0 Å². The van der Waals surface area contributed by atoms with Crippen molar-refractivity contribution in [3.63, 3.8) is 0 Å². The van der Waals surface area contributed by atoms with Gasteiger partial charge >= 0.3 is 0 Å². The summed E-state index contributed by atoms with van der Waals surface area (Å²) in [6.07, 6.45) is 9.17. The van der Waals surface area contributed by atoms with Gasteiger partial charge in [-0.25, -0.2) is 4.39 Å². The number of aromatic nitrogens is 4. The molecule has 148 valence electrons. The summed E-state index contributed by atoms with van der Waals surface area (Å²) < 4.78 is 19.9. The molecule has 1 aromatic carbocycles. The maximum absolute atomic E-state index is 14.1. The van der Waals surface area contributed by atoms with Crippen LogP contribution in [0.4, 0.5) is 4.39 Å². The van der Waals surface area contributed by atoms with Crippen LogP contribution in [0.1, 0.15) is 19.7 Å². The first-order chi connectivity index (χ1) is 13.6. The number of nitrogens with zero attached hydrogens (tertiary/aromatic N) is 5. The summed E-state index contributed by atoms with van der Waals surface area (Å²) in [4.78, 5) is 5.42. The van der Waals surface area contributed by atoms with E-state index in [1.165, 1.54) is 16.9 Å². The molecule has 1 heterocycles. The second kappa shape index (κ2) is 11.5. The molecule has 0 radical (unpaired) electrons. The number of nitrogens with one attached hydrogen (secondary N) is 1. The van der Waals surface area contributed by atoms with E-state index in [0.29, 0.717) is 33.9 Å². The fourth-order valence-electron chi connectivity index (χ4n) is 2.06. The van der Waals surface area contributed by atoms with Crippen molar-refractivity contribution in [2.75, 3.05) is 10.9 Å². The van der Waals surface area contributed by atoms with Crippen molar-refractivity contribution >= 4 is 37.7 Å². The number of benzene rings is 1. The Hall–Kier alpha value is -2.33. The molecule has 2 rings (SSSR count). The van der Waals surface area contributed by atoms with E-state index in [0.717, 1.165) is 0 Å². The molecule has 2 aromatic rings. The number of hydrogen-bond donors (Lipinski definition) is 1. The Balaban J connectivity index is 2.29. The number of alkyl halides is 2. The molecular weight excluding hydrogens is 495 g/mol. The minimum Gasteiger partial charge on any atom is -0.458 e. The van der Waals surface area contributed by atoms with Crippen molar-refractivity contribution in [2.24, 2.45) is 4.99 Å². The summed E-state index contributed by atoms with van der Waals surface area (Å²) in [5.74, 6) is 1.16. The van der Waals surface area contributed by atoms with Gasteiger partial charge in [-0.3, -0.25) is 4.99 Å². The van der Waals surface area contributed by atoms with Gasteiger partial charge in [-0.1, -0.05) is 50.1 Å². The zero-order chi connectivity index (χ0) is 20.4. The predicted molar refractivity (Wildman–Crippen MR) is 115 cm³/mol. The van der Waals surface area contributed by atoms with Gasteiger partial charge in [0.15, 0.2) is 5.84 Å². The molecule has 0 bridgehead atoms. The molecular formula is C18H19Br2FN6O. The van der Waals surface area contributed by atoms with Gasteiger partial charge in [0.1, 0.15) is 17.3 Å².